The van der Waals surface area contributed by atoms with Crippen LogP contribution in [0.15, 0.2) is 48.5 Å². The average Bonchev–Trinajstić information content (AvgIpc) is 3.14. The molecule has 27 heavy (non-hydrogen) atoms. The second-order valence-electron chi connectivity index (χ2n) is 5.95. The van der Waals surface area contributed by atoms with Gasteiger partial charge in [-0.15, -0.1) is 10.2 Å². The van der Waals surface area contributed by atoms with E-state index in [1.54, 1.807) is 7.11 Å². The van der Waals surface area contributed by atoms with E-state index in [1.165, 1.54) is 16.9 Å². The number of nitrogens with zero attached hydrogens (tertiary/aromatic N) is 2. The monoisotopic (exact) mass is 383 g/mol. The predicted octanol–water partition coefficient (Wildman–Crippen LogP) is 4.32. The smallest absolute Gasteiger partial charge is 0.226 e. The molecule has 3 rings (SSSR count). The molecule has 0 aliphatic rings. The van der Waals surface area contributed by atoms with E-state index >= 15 is 0 Å². The Morgan fingerprint density at radius 2 is 1.74 bits per heavy atom. The highest BCUT2D eigenvalue weighted by Gasteiger charge is 2.09. The van der Waals surface area contributed by atoms with Gasteiger partial charge >= 0.3 is 0 Å². The number of amides is 1. The molecule has 1 heterocycles. The fraction of sp³-hybridized carbons (Fsp3) is 0.250. The van der Waals surface area contributed by atoms with Gasteiger partial charge in [0.15, 0.2) is 0 Å². The SMILES string of the molecule is COc1ccc(OCCCC(=O)Nc2nnc(-c3ccc(C)cc3)s2)cc1. The Kier molecular flexibility index (Phi) is 6.38. The highest BCUT2D eigenvalue weighted by molar-refractivity contribution is 7.18. The third-order valence-electron chi connectivity index (χ3n) is 3.85. The molecule has 140 valence electrons. The van der Waals surface area contributed by atoms with Crippen molar-refractivity contribution >= 4 is 22.4 Å². The molecule has 6 nitrogen and oxygen atoms in total. The number of carbonyl (C=O) groups is 1. The number of benzene rings is 2. The van der Waals surface area contributed by atoms with Crippen molar-refractivity contribution in [2.45, 2.75) is 19.8 Å². The van der Waals surface area contributed by atoms with E-state index in [0.717, 1.165) is 22.1 Å². The van der Waals surface area contributed by atoms with Crippen LogP contribution in [0.4, 0.5) is 5.13 Å². The molecule has 0 radical (unpaired) electrons. The Bertz CT molecular complexity index is 876. The normalized spacial score (nSPS) is 10.4. The summed E-state index contributed by atoms with van der Waals surface area (Å²) < 4.78 is 10.7. The van der Waals surface area contributed by atoms with E-state index in [9.17, 15) is 4.79 Å². The lowest BCUT2D eigenvalue weighted by Crippen LogP contribution is -2.12. The Labute approximate surface area is 162 Å². The highest BCUT2D eigenvalue weighted by atomic mass is 32.1. The van der Waals surface area contributed by atoms with Gasteiger partial charge in [0.1, 0.15) is 16.5 Å². The fourth-order valence-electron chi connectivity index (χ4n) is 2.36. The number of nitrogens with one attached hydrogen (secondary N) is 1. The summed E-state index contributed by atoms with van der Waals surface area (Å²) in [5, 5.41) is 12.3. The zero-order chi connectivity index (χ0) is 19.1. The number of hydrogen-bond acceptors (Lipinski definition) is 6. The maximum Gasteiger partial charge on any atom is 0.226 e. The number of aromatic nitrogens is 2. The molecule has 0 aliphatic carbocycles. The largest absolute Gasteiger partial charge is 0.497 e. The van der Waals surface area contributed by atoms with Gasteiger partial charge in [0.05, 0.1) is 13.7 Å². The van der Waals surface area contributed by atoms with Crippen LogP contribution in [0.2, 0.25) is 0 Å². The van der Waals surface area contributed by atoms with E-state index in [0.29, 0.717) is 24.6 Å². The van der Waals surface area contributed by atoms with Crippen molar-refractivity contribution in [1.29, 1.82) is 0 Å². The van der Waals surface area contributed by atoms with Crippen LogP contribution in [-0.2, 0) is 4.79 Å². The molecule has 1 N–H and O–H groups in total. The third-order valence-corrected chi connectivity index (χ3v) is 4.73. The zero-order valence-electron chi connectivity index (χ0n) is 15.3. The molecule has 0 saturated carbocycles. The summed E-state index contributed by atoms with van der Waals surface area (Å²) in [6.07, 6.45) is 0.969. The van der Waals surface area contributed by atoms with Gasteiger partial charge < -0.3 is 14.8 Å². The lowest BCUT2D eigenvalue weighted by atomic mass is 10.2. The number of aryl methyl sites for hydroxylation is 1. The highest BCUT2D eigenvalue weighted by Crippen LogP contribution is 2.26. The molecule has 0 aliphatic heterocycles. The molecule has 2 aromatic carbocycles. The molecule has 0 bridgehead atoms. The second-order valence-corrected chi connectivity index (χ2v) is 6.93. The summed E-state index contributed by atoms with van der Waals surface area (Å²) >= 11 is 1.36. The average molecular weight is 383 g/mol. The summed E-state index contributed by atoms with van der Waals surface area (Å²) in [6.45, 7) is 2.50. The van der Waals surface area contributed by atoms with Crippen molar-refractivity contribution in [3.8, 4) is 22.1 Å². The van der Waals surface area contributed by atoms with Crippen LogP contribution in [0.5, 0.6) is 11.5 Å². The molecule has 7 heteroatoms. The van der Waals surface area contributed by atoms with E-state index in [4.69, 9.17) is 9.47 Å². The number of anilines is 1. The predicted molar refractivity (Wildman–Crippen MR) is 106 cm³/mol. The maximum absolute atomic E-state index is 12.1. The van der Waals surface area contributed by atoms with E-state index in [1.807, 2.05) is 55.5 Å². The Morgan fingerprint density at radius 1 is 1.04 bits per heavy atom. The number of rotatable bonds is 8. The van der Waals surface area contributed by atoms with Crippen LogP contribution in [0.1, 0.15) is 18.4 Å². The first kappa shape index (κ1) is 18.8. The number of ether oxygens (including phenoxy) is 2. The van der Waals surface area contributed by atoms with Crippen LogP contribution < -0.4 is 14.8 Å². The Morgan fingerprint density at radius 3 is 2.44 bits per heavy atom. The lowest BCUT2D eigenvalue weighted by molar-refractivity contribution is -0.116. The van der Waals surface area contributed by atoms with Gasteiger partial charge in [-0.3, -0.25) is 4.79 Å². The topological polar surface area (TPSA) is 73.3 Å². The Hall–Kier alpha value is -2.93. The van der Waals surface area contributed by atoms with Crippen molar-refractivity contribution in [1.82, 2.24) is 10.2 Å². The van der Waals surface area contributed by atoms with Crippen molar-refractivity contribution in [3.05, 3.63) is 54.1 Å². The van der Waals surface area contributed by atoms with Crippen LogP contribution in [0, 0.1) is 6.92 Å². The molecular weight excluding hydrogens is 362 g/mol. The molecule has 0 fully saturated rings. The summed E-state index contributed by atoms with van der Waals surface area (Å²) in [4.78, 5) is 12.1. The van der Waals surface area contributed by atoms with Crippen LogP contribution in [0.3, 0.4) is 0 Å². The van der Waals surface area contributed by atoms with E-state index < -0.39 is 0 Å². The van der Waals surface area contributed by atoms with Gasteiger partial charge in [0.2, 0.25) is 11.0 Å². The third kappa shape index (κ3) is 5.52. The standard InChI is InChI=1S/C20H21N3O3S/c1-14-5-7-15(8-6-14)19-22-23-20(27-19)21-18(24)4-3-13-26-17-11-9-16(25-2)10-12-17/h5-12H,3-4,13H2,1-2H3,(H,21,23,24). The molecule has 0 saturated heterocycles. The van der Waals surface area contributed by atoms with E-state index in [-0.39, 0.29) is 5.91 Å². The molecule has 3 aromatic rings. The van der Waals surface area contributed by atoms with Gasteiger partial charge in [-0.05, 0) is 37.6 Å². The maximum atomic E-state index is 12.1. The minimum Gasteiger partial charge on any atom is -0.497 e. The van der Waals surface area contributed by atoms with Crippen LogP contribution in [0.25, 0.3) is 10.6 Å². The first-order valence-corrected chi connectivity index (χ1v) is 9.43. The molecule has 1 aromatic heterocycles. The van der Waals surface area contributed by atoms with E-state index in [2.05, 4.69) is 15.5 Å². The van der Waals surface area contributed by atoms with Gasteiger partial charge in [0, 0.05) is 12.0 Å². The summed E-state index contributed by atoms with van der Waals surface area (Å²) in [5.74, 6) is 1.44. The first-order valence-electron chi connectivity index (χ1n) is 8.61. The van der Waals surface area contributed by atoms with Gasteiger partial charge in [-0.1, -0.05) is 41.2 Å². The summed E-state index contributed by atoms with van der Waals surface area (Å²) in [5.41, 5.74) is 2.18. The molecular formula is C20H21N3O3S. The summed E-state index contributed by atoms with van der Waals surface area (Å²) in [6, 6.07) is 15.4. The van der Waals surface area contributed by atoms with Gasteiger partial charge in [0.25, 0.3) is 0 Å². The van der Waals surface area contributed by atoms with Crippen molar-refractivity contribution in [3.63, 3.8) is 0 Å². The van der Waals surface area contributed by atoms with Crippen molar-refractivity contribution < 1.29 is 14.3 Å². The Balaban J connectivity index is 1.42. The number of hydrogen-bond donors (Lipinski definition) is 1. The van der Waals surface area contributed by atoms with Gasteiger partial charge in [-0.25, -0.2) is 0 Å². The molecule has 0 atom stereocenters. The van der Waals surface area contributed by atoms with Crippen LogP contribution in [-0.4, -0.2) is 29.8 Å². The minimum atomic E-state index is -0.0973. The van der Waals surface area contributed by atoms with Crippen LogP contribution >= 0.6 is 11.3 Å². The number of carbonyl (C=O) groups excluding carboxylic acids is 1. The molecule has 0 spiro atoms. The molecule has 1 amide bonds. The van der Waals surface area contributed by atoms with Crippen molar-refractivity contribution in [2.75, 3.05) is 19.0 Å². The lowest BCUT2D eigenvalue weighted by Gasteiger charge is -2.06. The molecule has 0 unspecified atom stereocenters. The second kappa shape index (κ2) is 9.14. The van der Waals surface area contributed by atoms with Crippen molar-refractivity contribution in [2.24, 2.45) is 0 Å². The quantitative estimate of drug-likeness (QED) is 0.587. The first-order chi connectivity index (χ1) is 13.1. The fourth-order valence-corrected chi connectivity index (χ4v) is 3.13. The zero-order valence-corrected chi connectivity index (χ0v) is 16.1. The number of methoxy groups -OCH3 is 1. The van der Waals surface area contributed by atoms with Gasteiger partial charge in [-0.2, -0.15) is 0 Å². The minimum absolute atomic E-state index is 0.0973. The summed E-state index contributed by atoms with van der Waals surface area (Å²) in [7, 11) is 1.62.